The Kier molecular flexibility index (Phi) is 5.40. The van der Waals surface area contributed by atoms with Gasteiger partial charge in [-0.3, -0.25) is 0 Å². The van der Waals surface area contributed by atoms with E-state index in [4.69, 9.17) is 11.6 Å². The first kappa shape index (κ1) is 19.4. The minimum atomic E-state index is -4.28. The van der Waals surface area contributed by atoms with Crippen molar-refractivity contribution in [2.24, 2.45) is 4.99 Å². The lowest BCUT2D eigenvalue weighted by Gasteiger charge is -2.24. The number of benzene rings is 2. The first-order valence-corrected chi connectivity index (χ1v) is 10.0. The van der Waals surface area contributed by atoms with Gasteiger partial charge in [-0.25, -0.2) is 10.4 Å². The molecule has 0 aromatic heterocycles. The summed E-state index contributed by atoms with van der Waals surface area (Å²) in [5.41, 5.74) is 9.22. The highest BCUT2D eigenvalue weighted by atomic mass is 35.5. The van der Waals surface area contributed by atoms with E-state index in [9.17, 15) is 13.2 Å². The van der Waals surface area contributed by atoms with E-state index in [2.05, 4.69) is 15.8 Å². The maximum absolute atomic E-state index is 12.5. The molecule has 0 radical (unpaired) electrons. The highest BCUT2D eigenvalue weighted by Crippen LogP contribution is 2.42. The number of hydrazine groups is 1. The molecule has 2 N–H and O–H groups in total. The summed E-state index contributed by atoms with van der Waals surface area (Å²) in [5, 5.41) is 0.403. The molecular formula is C20H17ClF3N3S. The van der Waals surface area contributed by atoms with Gasteiger partial charge in [-0.15, -0.1) is 0 Å². The molecule has 1 fully saturated rings. The van der Waals surface area contributed by atoms with Crippen molar-refractivity contribution in [1.82, 2.24) is 10.9 Å². The lowest BCUT2D eigenvalue weighted by molar-refractivity contribution is -0.125. The van der Waals surface area contributed by atoms with Gasteiger partial charge in [0.2, 0.25) is 0 Å². The molecule has 146 valence electrons. The van der Waals surface area contributed by atoms with Crippen LogP contribution < -0.4 is 10.9 Å². The molecule has 3 nitrogen and oxygen atoms in total. The van der Waals surface area contributed by atoms with E-state index >= 15 is 0 Å². The topological polar surface area (TPSA) is 36.4 Å². The minimum absolute atomic E-state index is 0.403. The smallest absolute Gasteiger partial charge is 0.321 e. The monoisotopic (exact) mass is 423 g/mol. The first-order chi connectivity index (χ1) is 13.4. The fourth-order valence-corrected chi connectivity index (χ4v) is 4.37. The quantitative estimate of drug-likeness (QED) is 0.590. The van der Waals surface area contributed by atoms with Crippen LogP contribution in [0.4, 0.5) is 18.9 Å². The van der Waals surface area contributed by atoms with Crippen LogP contribution in [0.15, 0.2) is 62.8 Å². The molecule has 2 aromatic rings. The highest BCUT2D eigenvalue weighted by molar-refractivity contribution is 7.99. The van der Waals surface area contributed by atoms with Gasteiger partial charge in [0, 0.05) is 20.9 Å². The second-order valence-corrected chi connectivity index (χ2v) is 8.05. The zero-order valence-electron chi connectivity index (χ0n) is 14.7. The van der Waals surface area contributed by atoms with E-state index in [1.54, 1.807) is 11.8 Å². The Bertz CT molecular complexity index is 963. The number of rotatable bonds is 4. The van der Waals surface area contributed by atoms with E-state index in [0.717, 1.165) is 45.8 Å². The standard InChI is InChI=1S/C20H17ClF3N3S/c21-19-14-6-1-2-7-16(14)28-17-9-8-13(10-15(17)26-19)18(12-4-3-5-12)27-25-11-20(22,23)24/h1-2,6-10,25,27H,3-5,11H2. The number of hydrogen-bond acceptors (Lipinski definition) is 4. The summed E-state index contributed by atoms with van der Waals surface area (Å²) in [7, 11) is 0. The number of nitrogens with zero attached hydrogens (tertiary/aromatic N) is 1. The average Bonchev–Trinajstić information content (AvgIpc) is 2.73. The van der Waals surface area contributed by atoms with Crippen molar-refractivity contribution >= 4 is 39.9 Å². The van der Waals surface area contributed by atoms with Crippen LogP contribution in [0.5, 0.6) is 0 Å². The molecule has 2 aromatic carbocycles. The van der Waals surface area contributed by atoms with Crippen molar-refractivity contribution in [3.05, 3.63) is 59.2 Å². The molecular weight excluding hydrogens is 407 g/mol. The minimum Gasteiger partial charge on any atom is -0.321 e. The predicted octanol–water partition coefficient (Wildman–Crippen LogP) is 6.02. The largest absolute Gasteiger partial charge is 0.402 e. The maximum Gasteiger partial charge on any atom is 0.402 e. The van der Waals surface area contributed by atoms with Crippen LogP contribution in [-0.4, -0.2) is 17.9 Å². The molecule has 0 atom stereocenters. The SMILES string of the molecule is FC(F)(F)CNNC(=C1CCC1)c1ccc2c(c1)N=C(Cl)c1ccccc1S2. The van der Waals surface area contributed by atoms with Crippen molar-refractivity contribution in [3.63, 3.8) is 0 Å². The van der Waals surface area contributed by atoms with E-state index in [1.807, 2.05) is 42.5 Å². The molecule has 0 bridgehead atoms. The second kappa shape index (κ2) is 7.81. The maximum atomic E-state index is 12.5. The molecule has 2 aliphatic rings. The zero-order valence-corrected chi connectivity index (χ0v) is 16.3. The van der Waals surface area contributed by atoms with Crippen LogP contribution in [0.2, 0.25) is 0 Å². The van der Waals surface area contributed by atoms with Gasteiger partial charge in [-0.05, 0) is 43.0 Å². The Labute approximate surface area is 170 Å². The van der Waals surface area contributed by atoms with Crippen LogP contribution in [0.1, 0.15) is 30.4 Å². The van der Waals surface area contributed by atoms with Gasteiger partial charge < -0.3 is 5.43 Å². The van der Waals surface area contributed by atoms with Gasteiger partial charge in [-0.2, -0.15) is 13.2 Å². The Balaban J connectivity index is 1.66. The van der Waals surface area contributed by atoms with Crippen LogP contribution in [0, 0.1) is 0 Å². The molecule has 1 aliphatic carbocycles. The van der Waals surface area contributed by atoms with Crippen LogP contribution >= 0.6 is 23.4 Å². The van der Waals surface area contributed by atoms with Crippen LogP contribution in [-0.2, 0) is 0 Å². The number of hydrogen-bond donors (Lipinski definition) is 2. The van der Waals surface area contributed by atoms with Crippen molar-refractivity contribution in [2.45, 2.75) is 35.2 Å². The fourth-order valence-electron chi connectivity index (χ4n) is 3.06. The lowest BCUT2D eigenvalue weighted by atomic mass is 9.88. The van der Waals surface area contributed by atoms with Gasteiger partial charge in [0.05, 0.1) is 11.4 Å². The number of nitrogens with one attached hydrogen (secondary N) is 2. The van der Waals surface area contributed by atoms with E-state index in [1.165, 1.54) is 0 Å². The number of alkyl halides is 3. The molecule has 0 amide bonds. The van der Waals surface area contributed by atoms with Gasteiger partial charge in [0.15, 0.2) is 0 Å². The van der Waals surface area contributed by atoms with E-state index in [-0.39, 0.29) is 0 Å². The van der Waals surface area contributed by atoms with Gasteiger partial charge in [-0.1, -0.05) is 47.6 Å². The molecule has 1 heterocycles. The molecule has 1 aliphatic heterocycles. The Morgan fingerprint density at radius 1 is 1.11 bits per heavy atom. The third-order valence-corrected chi connectivity index (χ3v) is 6.04. The summed E-state index contributed by atoms with van der Waals surface area (Å²) in [6.45, 7) is -1.11. The lowest BCUT2D eigenvalue weighted by Crippen LogP contribution is -2.39. The van der Waals surface area contributed by atoms with E-state index < -0.39 is 12.7 Å². The molecule has 4 rings (SSSR count). The summed E-state index contributed by atoms with van der Waals surface area (Å²) >= 11 is 7.99. The zero-order chi connectivity index (χ0) is 19.7. The Morgan fingerprint density at radius 3 is 2.61 bits per heavy atom. The molecule has 28 heavy (non-hydrogen) atoms. The highest BCUT2D eigenvalue weighted by Gasteiger charge is 2.27. The number of aliphatic imine (C=N–C) groups is 1. The van der Waals surface area contributed by atoms with E-state index in [0.29, 0.717) is 16.6 Å². The Hall–Kier alpha value is -1.96. The van der Waals surface area contributed by atoms with Gasteiger partial charge in [0.1, 0.15) is 11.7 Å². The molecule has 8 heteroatoms. The molecule has 0 spiro atoms. The summed E-state index contributed by atoms with van der Waals surface area (Å²) in [5.74, 6) is 0. The van der Waals surface area contributed by atoms with Crippen LogP contribution in [0.3, 0.4) is 0 Å². The molecule has 0 saturated heterocycles. The summed E-state index contributed by atoms with van der Waals surface area (Å²) in [6, 6.07) is 13.5. The summed E-state index contributed by atoms with van der Waals surface area (Å²) in [6.07, 6.45) is -1.50. The predicted molar refractivity (Wildman–Crippen MR) is 107 cm³/mol. The number of halogens is 4. The summed E-state index contributed by atoms with van der Waals surface area (Å²) in [4.78, 5) is 6.53. The Morgan fingerprint density at radius 2 is 1.89 bits per heavy atom. The number of allylic oxidation sites excluding steroid dienone is 1. The van der Waals surface area contributed by atoms with Crippen molar-refractivity contribution in [1.29, 1.82) is 0 Å². The van der Waals surface area contributed by atoms with Crippen molar-refractivity contribution < 1.29 is 13.2 Å². The van der Waals surface area contributed by atoms with Gasteiger partial charge >= 0.3 is 6.18 Å². The average molecular weight is 424 g/mol. The summed E-state index contributed by atoms with van der Waals surface area (Å²) < 4.78 is 37.5. The fraction of sp³-hybridized carbons (Fsp3) is 0.250. The third kappa shape index (κ3) is 4.21. The first-order valence-electron chi connectivity index (χ1n) is 8.84. The van der Waals surface area contributed by atoms with Crippen molar-refractivity contribution in [2.75, 3.05) is 6.54 Å². The third-order valence-electron chi connectivity index (χ3n) is 4.61. The molecule has 1 saturated carbocycles. The molecule has 0 unspecified atom stereocenters. The number of fused-ring (bicyclic) bond motifs is 2. The normalized spacial score (nSPS) is 15.7. The second-order valence-electron chi connectivity index (χ2n) is 6.61. The van der Waals surface area contributed by atoms with Crippen LogP contribution in [0.25, 0.3) is 5.70 Å². The van der Waals surface area contributed by atoms with Crippen molar-refractivity contribution in [3.8, 4) is 0 Å². The van der Waals surface area contributed by atoms with Gasteiger partial charge in [0.25, 0.3) is 0 Å².